The number of fused-ring (bicyclic) bond motifs is 4. The number of anilines is 3. The van der Waals surface area contributed by atoms with E-state index in [0.29, 0.717) is 53.3 Å². The van der Waals surface area contributed by atoms with Crippen molar-refractivity contribution in [3.8, 4) is 0 Å². The fourth-order valence-electron chi connectivity index (χ4n) is 5.70. The molecular weight excluding hydrogens is 505 g/mol. The van der Waals surface area contributed by atoms with Gasteiger partial charge in [-0.15, -0.1) is 0 Å². The largest absolute Gasteiger partial charge is 0.416 e. The highest BCUT2D eigenvalue weighted by molar-refractivity contribution is 6.30. The number of benzene rings is 2. The van der Waals surface area contributed by atoms with Crippen LogP contribution in [0.3, 0.4) is 0 Å². The molecule has 3 aliphatic heterocycles. The standard InChI is InChI=1S/C26H22ClF3N6O/c1-16-25(23(37)36(33-16)20-6-4-19(27)5-7-20)14-17-13-18(26(28,29)30)3-8-21(17)35-12-11-34(15-22(25)35)24-31-9-2-10-32-24/h2-10,13,22H,11-12,14-15H2,1H3/t22-,25+/m0/s1. The van der Waals surface area contributed by atoms with Crippen LogP contribution in [0.2, 0.25) is 5.02 Å². The number of carbonyl (C=O) groups excluding carboxylic acids is 1. The molecule has 11 heteroatoms. The molecule has 0 radical (unpaired) electrons. The van der Waals surface area contributed by atoms with E-state index in [2.05, 4.69) is 20.0 Å². The van der Waals surface area contributed by atoms with Gasteiger partial charge in [0.05, 0.1) is 23.0 Å². The van der Waals surface area contributed by atoms with E-state index >= 15 is 0 Å². The van der Waals surface area contributed by atoms with Crippen LogP contribution in [-0.2, 0) is 17.4 Å². The molecule has 7 nitrogen and oxygen atoms in total. The molecule has 0 aliphatic carbocycles. The lowest BCUT2D eigenvalue weighted by atomic mass is 9.67. The highest BCUT2D eigenvalue weighted by atomic mass is 35.5. The van der Waals surface area contributed by atoms with Gasteiger partial charge in [-0.25, -0.2) is 9.97 Å². The Morgan fingerprint density at radius 3 is 2.49 bits per heavy atom. The summed E-state index contributed by atoms with van der Waals surface area (Å²) in [6.45, 7) is 3.24. The third kappa shape index (κ3) is 3.73. The summed E-state index contributed by atoms with van der Waals surface area (Å²) in [5, 5.41) is 6.51. The molecule has 1 spiro atoms. The fourth-order valence-corrected chi connectivity index (χ4v) is 5.83. The molecule has 190 valence electrons. The minimum absolute atomic E-state index is 0.106. The molecule has 0 saturated carbocycles. The van der Waals surface area contributed by atoms with Gasteiger partial charge in [0.15, 0.2) is 0 Å². The average Bonchev–Trinajstić information content (AvgIpc) is 3.14. The minimum atomic E-state index is -4.49. The summed E-state index contributed by atoms with van der Waals surface area (Å²) in [5.74, 6) is 0.270. The quantitative estimate of drug-likeness (QED) is 0.479. The predicted octanol–water partition coefficient (Wildman–Crippen LogP) is 4.81. The van der Waals surface area contributed by atoms with Gasteiger partial charge in [0, 0.05) is 42.7 Å². The first kappa shape index (κ1) is 23.7. The van der Waals surface area contributed by atoms with E-state index in [1.165, 1.54) is 17.1 Å². The number of hydrogen-bond acceptors (Lipinski definition) is 6. The summed E-state index contributed by atoms with van der Waals surface area (Å²) in [6.07, 6.45) is -1.06. The second-order valence-corrected chi connectivity index (χ2v) is 9.91. The van der Waals surface area contributed by atoms with Crippen LogP contribution in [0.15, 0.2) is 66.0 Å². The van der Waals surface area contributed by atoms with E-state index in [1.807, 2.05) is 4.90 Å². The van der Waals surface area contributed by atoms with Crippen molar-refractivity contribution in [3.63, 3.8) is 0 Å². The highest BCUT2D eigenvalue weighted by Gasteiger charge is 2.60. The molecule has 1 fully saturated rings. The number of rotatable bonds is 2. The second-order valence-electron chi connectivity index (χ2n) is 9.47. The molecule has 3 aromatic rings. The summed E-state index contributed by atoms with van der Waals surface area (Å²) in [4.78, 5) is 27.1. The number of amides is 1. The van der Waals surface area contributed by atoms with Crippen molar-refractivity contribution in [2.45, 2.75) is 25.6 Å². The lowest BCUT2D eigenvalue weighted by Crippen LogP contribution is -2.67. The Labute approximate surface area is 216 Å². The molecule has 1 amide bonds. The zero-order chi connectivity index (χ0) is 25.9. The first-order valence-corrected chi connectivity index (χ1v) is 12.2. The molecular formula is C26H22ClF3N6O. The topological polar surface area (TPSA) is 64.9 Å². The molecule has 0 N–H and O–H groups in total. The molecule has 6 rings (SSSR count). The molecule has 0 bridgehead atoms. The van der Waals surface area contributed by atoms with Crippen LogP contribution in [0.5, 0.6) is 0 Å². The molecule has 3 aliphatic rings. The molecule has 0 unspecified atom stereocenters. The number of carbonyl (C=O) groups is 1. The van der Waals surface area contributed by atoms with Crippen LogP contribution in [0.4, 0.5) is 30.5 Å². The Morgan fingerprint density at radius 1 is 1.05 bits per heavy atom. The Morgan fingerprint density at radius 2 is 1.78 bits per heavy atom. The van der Waals surface area contributed by atoms with Crippen molar-refractivity contribution in [3.05, 3.63) is 77.1 Å². The van der Waals surface area contributed by atoms with E-state index in [-0.39, 0.29) is 18.4 Å². The van der Waals surface area contributed by atoms with Gasteiger partial charge in [0.1, 0.15) is 5.41 Å². The van der Waals surface area contributed by atoms with Crippen molar-refractivity contribution in [1.29, 1.82) is 0 Å². The summed E-state index contributed by atoms with van der Waals surface area (Å²) in [5.41, 5.74) is 0.405. The number of hydrogen-bond donors (Lipinski definition) is 0. The zero-order valence-electron chi connectivity index (χ0n) is 19.8. The number of nitrogens with zero attached hydrogens (tertiary/aromatic N) is 6. The third-order valence-electron chi connectivity index (χ3n) is 7.51. The van der Waals surface area contributed by atoms with E-state index in [4.69, 9.17) is 11.6 Å². The molecule has 4 heterocycles. The van der Waals surface area contributed by atoms with Gasteiger partial charge in [0.2, 0.25) is 5.95 Å². The van der Waals surface area contributed by atoms with Crippen LogP contribution >= 0.6 is 11.6 Å². The van der Waals surface area contributed by atoms with Crippen molar-refractivity contribution < 1.29 is 18.0 Å². The molecule has 1 aromatic heterocycles. The number of hydrazone groups is 1. The SMILES string of the molecule is CC1=NN(c2ccc(Cl)cc2)C(=O)[C@]12Cc1cc(C(F)(F)F)ccc1N1CCN(c3ncccn3)C[C@H]12. The lowest BCUT2D eigenvalue weighted by molar-refractivity contribution is -0.137. The Hall–Kier alpha value is -3.66. The molecule has 2 aromatic carbocycles. The van der Waals surface area contributed by atoms with Gasteiger partial charge in [-0.1, -0.05) is 11.6 Å². The molecule has 2 atom stereocenters. The molecule has 1 saturated heterocycles. The van der Waals surface area contributed by atoms with E-state index < -0.39 is 17.2 Å². The van der Waals surface area contributed by atoms with Gasteiger partial charge in [-0.2, -0.15) is 23.3 Å². The summed E-state index contributed by atoms with van der Waals surface area (Å²) < 4.78 is 40.9. The first-order valence-electron chi connectivity index (χ1n) is 11.8. The Balaban J connectivity index is 1.47. The maximum atomic E-state index is 14.2. The predicted molar refractivity (Wildman–Crippen MR) is 135 cm³/mol. The van der Waals surface area contributed by atoms with Crippen LogP contribution in [0.1, 0.15) is 18.1 Å². The van der Waals surface area contributed by atoms with E-state index in [9.17, 15) is 18.0 Å². The van der Waals surface area contributed by atoms with Gasteiger partial charge < -0.3 is 9.80 Å². The summed E-state index contributed by atoms with van der Waals surface area (Å²) in [6, 6.07) is 11.9. The monoisotopic (exact) mass is 526 g/mol. The van der Waals surface area contributed by atoms with Crippen LogP contribution in [0, 0.1) is 5.41 Å². The van der Waals surface area contributed by atoms with Gasteiger partial charge in [0.25, 0.3) is 5.91 Å². The number of alkyl halides is 3. The summed E-state index contributed by atoms with van der Waals surface area (Å²) in [7, 11) is 0. The van der Waals surface area contributed by atoms with Crippen LogP contribution < -0.4 is 14.8 Å². The Bertz CT molecular complexity index is 1400. The number of halogens is 4. The molecule has 37 heavy (non-hydrogen) atoms. The zero-order valence-corrected chi connectivity index (χ0v) is 20.5. The second kappa shape index (κ2) is 8.44. The lowest BCUT2D eigenvalue weighted by Gasteiger charge is -2.53. The maximum absolute atomic E-state index is 14.2. The maximum Gasteiger partial charge on any atom is 0.416 e. The van der Waals surface area contributed by atoms with Gasteiger partial charge >= 0.3 is 6.18 Å². The minimum Gasteiger partial charge on any atom is -0.363 e. The van der Waals surface area contributed by atoms with Crippen molar-refractivity contribution in [1.82, 2.24) is 9.97 Å². The van der Waals surface area contributed by atoms with Crippen LogP contribution in [0.25, 0.3) is 0 Å². The number of piperazine rings is 1. The smallest absolute Gasteiger partial charge is 0.363 e. The third-order valence-corrected chi connectivity index (χ3v) is 7.76. The summed E-state index contributed by atoms with van der Waals surface area (Å²) >= 11 is 6.04. The van der Waals surface area contributed by atoms with E-state index in [0.717, 1.165) is 6.07 Å². The van der Waals surface area contributed by atoms with Gasteiger partial charge in [-0.05, 0) is 67.4 Å². The van der Waals surface area contributed by atoms with Crippen molar-refractivity contribution in [2.75, 3.05) is 34.4 Å². The van der Waals surface area contributed by atoms with E-state index in [1.54, 1.807) is 49.6 Å². The Kier molecular flexibility index (Phi) is 5.41. The van der Waals surface area contributed by atoms with Gasteiger partial charge in [-0.3, -0.25) is 4.79 Å². The average molecular weight is 527 g/mol. The normalized spacial score (nSPS) is 23.3. The number of aromatic nitrogens is 2. The fraction of sp³-hybridized carbons (Fsp3) is 0.308. The highest BCUT2D eigenvalue weighted by Crippen LogP contribution is 2.49. The first-order chi connectivity index (χ1) is 17.7. The van der Waals surface area contributed by atoms with Crippen molar-refractivity contribution in [2.24, 2.45) is 10.5 Å². The van der Waals surface area contributed by atoms with Crippen LogP contribution in [-0.4, -0.2) is 47.3 Å². The van der Waals surface area contributed by atoms with Crippen molar-refractivity contribution >= 4 is 40.5 Å².